The summed E-state index contributed by atoms with van der Waals surface area (Å²) >= 11 is 0. The second-order valence-corrected chi connectivity index (χ2v) is 7.80. The lowest BCUT2D eigenvalue weighted by molar-refractivity contribution is -0.142. The predicted molar refractivity (Wildman–Crippen MR) is 86.1 cm³/mol. The Morgan fingerprint density at radius 2 is 2.18 bits per heavy atom. The summed E-state index contributed by atoms with van der Waals surface area (Å²) in [6.07, 6.45) is 6.01. The van der Waals surface area contributed by atoms with Crippen LogP contribution in [0.2, 0.25) is 0 Å². The van der Waals surface area contributed by atoms with Crippen molar-refractivity contribution >= 4 is 18.9 Å². The molecule has 0 fully saturated rings. The number of benzene rings is 1. The molecule has 0 saturated carbocycles. The number of ether oxygens (including phenoxy) is 1. The number of fused-ring (bicyclic) bond motifs is 2. The molecule has 3 rings (SSSR count). The Morgan fingerprint density at radius 3 is 3.00 bits per heavy atom. The van der Waals surface area contributed by atoms with Gasteiger partial charge in [-0.1, -0.05) is 30.4 Å². The third-order valence-electron chi connectivity index (χ3n) is 3.89. The third-order valence-corrected chi connectivity index (χ3v) is 6.34. The van der Waals surface area contributed by atoms with Gasteiger partial charge in [-0.15, -0.1) is 0 Å². The molecule has 22 heavy (non-hydrogen) atoms. The molecule has 0 radical (unpaired) electrons. The van der Waals surface area contributed by atoms with E-state index in [0.29, 0.717) is 12.4 Å². The molecule has 1 unspecified atom stereocenters. The third kappa shape index (κ3) is 2.76. The predicted octanol–water partition coefficient (Wildman–Crippen LogP) is 4.37. The average Bonchev–Trinajstić information content (AvgIpc) is 2.54. The highest BCUT2D eigenvalue weighted by Gasteiger charge is 2.37. The van der Waals surface area contributed by atoms with Gasteiger partial charge in [-0.25, -0.2) is 0 Å². The summed E-state index contributed by atoms with van der Waals surface area (Å²) in [5.74, 6) is 0.325. The number of esters is 1. The van der Waals surface area contributed by atoms with Gasteiger partial charge in [-0.05, 0) is 31.4 Å². The lowest BCUT2D eigenvalue weighted by Crippen LogP contribution is -2.13. The van der Waals surface area contributed by atoms with Crippen LogP contribution in [0.4, 0.5) is 0 Å². The lowest BCUT2D eigenvalue weighted by Gasteiger charge is -2.31. The fourth-order valence-electron chi connectivity index (χ4n) is 2.88. The van der Waals surface area contributed by atoms with Gasteiger partial charge >= 0.3 is 5.97 Å². The van der Waals surface area contributed by atoms with Crippen LogP contribution in [-0.2, 0) is 14.1 Å². The summed E-state index contributed by atoms with van der Waals surface area (Å²) in [6.45, 7) is 2.10. The van der Waals surface area contributed by atoms with E-state index < -0.39 is 7.37 Å². The van der Waals surface area contributed by atoms with Crippen LogP contribution in [-0.4, -0.2) is 18.7 Å². The fraction of sp³-hybridized carbons (Fsp3) is 0.353. The van der Waals surface area contributed by atoms with Crippen LogP contribution in [0.25, 0.3) is 5.57 Å². The van der Waals surface area contributed by atoms with E-state index in [0.717, 1.165) is 29.3 Å². The molecule has 2 aliphatic rings. The molecule has 1 aliphatic heterocycles. The molecule has 0 N–H and O–H groups in total. The van der Waals surface area contributed by atoms with E-state index in [2.05, 4.69) is 0 Å². The average molecular weight is 318 g/mol. The summed E-state index contributed by atoms with van der Waals surface area (Å²) in [6, 6.07) is 7.67. The second-order valence-electron chi connectivity index (χ2n) is 5.34. The number of rotatable bonds is 4. The van der Waals surface area contributed by atoms with Crippen LogP contribution in [0.3, 0.4) is 0 Å². The SMILES string of the molecule is CCOC(=O)CCP1(=O)Oc2ccccc2C2=C1C=CCC2. The molecule has 5 heteroatoms. The van der Waals surface area contributed by atoms with Gasteiger partial charge in [0.25, 0.3) is 7.37 Å². The van der Waals surface area contributed by atoms with Crippen molar-refractivity contribution in [3.8, 4) is 5.75 Å². The Hall–Kier alpha value is -1.80. The minimum absolute atomic E-state index is 0.109. The van der Waals surface area contributed by atoms with Crippen LogP contribution in [0.5, 0.6) is 5.75 Å². The number of hydrogen-bond donors (Lipinski definition) is 0. The molecule has 1 aliphatic carbocycles. The van der Waals surface area contributed by atoms with Crippen molar-refractivity contribution in [2.24, 2.45) is 0 Å². The number of carbonyl (C=O) groups excluding carboxylic acids is 1. The molecule has 0 saturated heterocycles. The van der Waals surface area contributed by atoms with Crippen molar-refractivity contribution in [1.82, 2.24) is 0 Å². The molecule has 0 spiro atoms. The molecular weight excluding hydrogens is 299 g/mol. The van der Waals surface area contributed by atoms with Gasteiger partial charge in [0.1, 0.15) is 5.75 Å². The summed E-state index contributed by atoms with van der Waals surface area (Å²) in [5.41, 5.74) is 2.11. The summed E-state index contributed by atoms with van der Waals surface area (Å²) in [7, 11) is -3.06. The van der Waals surface area contributed by atoms with E-state index >= 15 is 0 Å². The van der Waals surface area contributed by atoms with E-state index in [4.69, 9.17) is 9.26 Å². The smallest absolute Gasteiger partial charge is 0.306 e. The maximum atomic E-state index is 13.3. The molecule has 1 atom stereocenters. The van der Waals surface area contributed by atoms with E-state index in [9.17, 15) is 9.36 Å². The van der Waals surface area contributed by atoms with Crippen molar-refractivity contribution in [3.05, 3.63) is 47.3 Å². The van der Waals surface area contributed by atoms with Gasteiger partial charge in [-0.2, -0.15) is 0 Å². The maximum absolute atomic E-state index is 13.3. The normalized spacial score (nSPS) is 22.6. The van der Waals surface area contributed by atoms with E-state index in [1.807, 2.05) is 36.4 Å². The molecule has 0 aromatic heterocycles. The first-order chi connectivity index (χ1) is 10.6. The Labute approximate surface area is 130 Å². The molecular formula is C17H19O4P. The molecule has 0 amide bonds. The van der Waals surface area contributed by atoms with E-state index in [1.165, 1.54) is 0 Å². The zero-order valence-corrected chi connectivity index (χ0v) is 13.5. The van der Waals surface area contributed by atoms with Gasteiger partial charge in [0.05, 0.1) is 18.3 Å². The van der Waals surface area contributed by atoms with Crippen molar-refractivity contribution in [2.45, 2.75) is 26.2 Å². The molecule has 0 bridgehead atoms. The minimum Gasteiger partial charge on any atom is -0.466 e. The van der Waals surface area contributed by atoms with E-state index in [1.54, 1.807) is 6.92 Å². The van der Waals surface area contributed by atoms with Crippen molar-refractivity contribution in [2.75, 3.05) is 12.8 Å². The molecule has 1 aromatic rings. The zero-order valence-electron chi connectivity index (χ0n) is 12.6. The molecule has 1 aromatic carbocycles. The zero-order chi connectivity index (χ0) is 15.6. The van der Waals surface area contributed by atoms with Gasteiger partial charge in [0.15, 0.2) is 0 Å². The topological polar surface area (TPSA) is 52.6 Å². The number of carbonyl (C=O) groups is 1. The highest BCUT2D eigenvalue weighted by atomic mass is 31.2. The first-order valence-electron chi connectivity index (χ1n) is 7.58. The Bertz CT molecular complexity index is 702. The van der Waals surface area contributed by atoms with Crippen LogP contribution >= 0.6 is 7.37 Å². The first-order valence-corrected chi connectivity index (χ1v) is 9.39. The van der Waals surface area contributed by atoms with Crippen LogP contribution < -0.4 is 4.52 Å². The molecule has 1 heterocycles. The summed E-state index contributed by atoms with van der Waals surface area (Å²) < 4.78 is 24.1. The lowest BCUT2D eigenvalue weighted by atomic mass is 9.96. The van der Waals surface area contributed by atoms with Gasteiger partial charge < -0.3 is 9.26 Å². The monoisotopic (exact) mass is 318 g/mol. The molecule has 4 nitrogen and oxygen atoms in total. The van der Waals surface area contributed by atoms with Gasteiger partial charge in [-0.3, -0.25) is 9.36 Å². The standard InChI is InChI=1S/C17H19O4P/c1-2-20-17(18)11-12-22(19)16-10-6-4-8-14(16)13-7-3-5-9-15(13)21-22/h3,5-7,9-10H,2,4,8,11-12H2,1H3. The first kappa shape index (κ1) is 15.1. The Morgan fingerprint density at radius 1 is 1.36 bits per heavy atom. The quantitative estimate of drug-likeness (QED) is 0.611. The van der Waals surface area contributed by atoms with E-state index in [-0.39, 0.29) is 18.6 Å². The number of allylic oxidation sites excluding steroid dienone is 4. The van der Waals surface area contributed by atoms with Gasteiger partial charge in [0.2, 0.25) is 0 Å². The van der Waals surface area contributed by atoms with Crippen molar-refractivity contribution < 1.29 is 18.6 Å². The summed E-state index contributed by atoms with van der Waals surface area (Å²) in [5, 5.41) is 0.766. The Kier molecular flexibility index (Phi) is 4.21. The van der Waals surface area contributed by atoms with Crippen LogP contribution in [0.15, 0.2) is 41.7 Å². The maximum Gasteiger partial charge on any atom is 0.306 e. The van der Waals surface area contributed by atoms with Crippen molar-refractivity contribution in [1.29, 1.82) is 0 Å². The highest BCUT2D eigenvalue weighted by Crippen LogP contribution is 2.63. The van der Waals surface area contributed by atoms with Crippen LogP contribution in [0.1, 0.15) is 31.7 Å². The minimum atomic E-state index is -3.06. The van der Waals surface area contributed by atoms with Crippen LogP contribution in [0, 0.1) is 0 Å². The summed E-state index contributed by atoms with van der Waals surface area (Å²) in [4.78, 5) is 11.6. The highest BCUT2D eigenvalue weighted by molar-refractivity contribution is 7.64. The van der Waals surface area contributed by atoms with Gasteiger partial charge in [0, 0.05) is 11.7 Å². The number of hydrogen-bond acceptors (Lipinski definition) is 4. The van der Waals surface area contributed by atoms with Crippen molar-refractivity contribution in [3.63, 3.8) is 0 Å². The Balaban J connectivity index is 1.94. The molecule has 116 valence electrons. The fourth-order valence-corrected chi connectivity index (χ4v) is 5.24. The second kappa shape index (κ2) is 6.13. The number of para-hydroxylation sites is 1. The largest absolute Gasteiger partial charge is 0.466 e.